The zero-order chi connectivity index (χ0) is 24.9. The van der Waals surface area contributed by atoms with E-state index < -0.39 is 5.91 Å². The van der Waals surface area contributed by atoms with Gasteiger partial charge in [0.15, 0.2) is 0 Å². The van der Waals surface area contributed by atoms with Crippen LogP contribution in [0.4, 0.5) is 5.82 Å². The van der Waals surface area contributed by atoms with E-state index in [0.29, 0.717) is 23.5 Å². The first-order valence-electron chi connectivity index (χ1n) is 11.4. The molecule has 4 N–H and O–H groups in total. The van der Waals surface area contributed by atoms with Crippen LogP contribution < -0.4 is 16.4 Å². The van der Waals surface area contributed by atoms with E-state index >= 15 is 0 Å². The molecule has 0 spiro atoms. The van der Waals surface area contributed by atoms with Crippen molar-refractivity contribution in [2.24, 2.45) is 11.7 Å². The van der Waals surface area contributed by atoms with Gasteiger partial charge in [-0.15, -0.1) is 0 Å². The maximum atomic E-state index is 12.3. The maximum absolute atomic E-state index is 12.3. The van der Waals surface area contributed by atoms with Gasteiger partial charge in [-0.25, -0.2) is 9.97 Å². The van der Waals surface area contributed by atoms with Crippen molar-refractivity contribution in [3.63, 3.8) is 0 Å². The molecule has 8 nitrogen and oxygen atoms in total. The summed E-state index contributed by atoms with van der Waals surface area (Å²) in [6, 6.07) is 16.6. The van der Waals surface area contributed by atoms with Gasteiger partial charge in [0.2, 0.25) is 5.91 Å². The number of rotatable bonds is 8. The fourth-order valence-electron chi connectivity index (χ4n) is 4.06. The molecule has 4 rings (SSSR count). The second-order valence-electron chi connectivity index (χ2n) is 8.56. The van der Waals surface area contributed by atoms with E-state index in [2.05, 4.69) is 45.5 Å². The van der Waals surface area contributed by atoms with Gasteiger partial charge in [-0.2, -0.15) is 0 Å². The third kappa shape index (κ3) is 5.11. The van der Waals surface area contributed by atoms with Crippen LogP contribution in [0, 0.1) is 5.92 Å². The topological polar surface area (TPSA) is 123 Å². The van der Waals surface area contributed by atoms with Gasteiger partial charge in [0.1, 0.15) is 12.1 Å². The van der Waals surface area contributed by atoms with Gasteiger partial charge < -0.3 is 16.4 Å². The summed E-state index contributed by atoms with van der Waals surface area (Å²) in [5.74, 6) is 0.559. The van der Waals surface area contributed by atoms with Crippen molar-refractivity contribution in [1.29, 1.82) is 0 Å². The van der Waals surface area contributed by atoms with Crippen LogP contribution in [0.3, 0.4) is 0 Å². The van der Waals surface area contributed by atoms with Crippen molar-refractivity contribution in [3.8, 4) is 11.3 Å². The van der Waals surface area contributed by atoms with Crippen molar-refractivity contribution in [1.82, 2.24) is 20.3 Å². The van der Waals surface area contributed by atoms with E-state index in [-0.39, 0.29) is 17.7 Å². The Kier molecular flexibility index (Phi) is 7.01. The molecular weight excluding hydrogens is 440 g/mol. The number of aromatic nitrogens is 3. The fraction of sp³-hybridized carbons (Fsp3) is 0.222. The molecule has 2 amide bonds. The van der Waals surface area contributed by atoms with Crippen LogP contribution in [-0.4, -0.2) is 40.4 Å². The molecule has 0 fully saturated rings. The molecule has 4 aromatic rings. The van der Waals surface area contributed by atoms with Crippen LogP contribution in [0.15, 0.2) is 67.1 Å². The Hall–Kier alpha value is -4.33. The summed E-state index contributed by atoms with van der Waals surface area (Å²) in [7, 11) is 1.63. The third-order valence-corrected chi connectivity index (χ3v) is 6.36. The van der Waals surface area contributed by atoms with Gasteiger partial charge in [-0.3, -0.25) is 14.6 Å². The highest BCUT2D eigenvalue weighted by Crippen LogP contribution is 2.31. The SMILES string of the molecule is CNC(=O)c1ccnc2c(C(C)C(C)CNc3cc(-c4ccc(C(N)=O)cc4)ncn3)cccc12. The van der Waals surface area contributed by atoms with Crippen molar-refractivity contribution < 1.29 is 9.59 Å². The molecular formula is C27H28N6O2. The number of primary amides is 1. The quantitative estimate of drug-likeness (QED) is 0.359. The number of pyridine rings is 1. The first-order valence-corrected chi connectivity index (χ1v) is 11.4. The van der Waals surface area contributed by atoms with Crippen LogP contribution in [0.2, 0.25) is 0 Å². The summed E-state index contributed by atoms with van der Waals surface area (Å²) >= 11 is 0. The molecule has 2 aromatic heterocycles. The lowest BCUT2D eigenvalue weighted by atomic mass is 9.87. The number of amides is 2. The zero-order valence-corrected chi connectivity index (χ0v) is 19.9. The molecule has 0 saturated carbocycles. The summed E-state index contributed by atoms with van der Waals surface area (Å²) in [6.07, 6.45) is 3.20. The Morgan fingerprint density at radius 3 is 2.49 bits per heavy atom. The molecule has 178 valence electrons. The second kappa shape index (κ2) is 10.3. The van der Waals surface area contributed by atoms with E-state index in [1.807, 2.05) is 30.3 Å². The molecule has 2 heterocycles. The van der Waals surface area contributed by atoms with E-state index in [1.165, 1.54) is 6.33 Å². The predicted molar refractivity (Wildman–Crippen MR) is 137 cm³/mol. The minimum atomic E-state index is -0.462. The molecule has 35 heavy (non-hydrogen) atoms. The minimum absolute atomic E-state index is 0.124. The average Bonchev–Trinajstić information content (AvgIpc) is 2.90. The third-order valence-electron chi connectivity index (χ3n) is 6.36. The molecule has 0 aliphatic heterocycles. The van der Waals surface area contributed by atoms with Gasteiger partial charge in [0.05, 0.1) is 16.8 Å². The molecule has 2 atom stereocenters. The Bertz CT molecular complexity index is 1370. The average molecular weight is 469 g/mol. The summed E-state index contributed by atoms with van der Waals surface area (Å²) < 4.78 is 0. The zero-order valence-electron chi connectivity index (χ0n) is 19.9. The van der Waals surface area contributed by atoms with E-state index in [4.69, 9.17) is 5.73 Å². The standard InChI is InChI=1S/C27H28N6O2/c1-16(17(2)20-5-4-6-21-22(27(35)29-3)11-12-30-25(20)21)14-31-24-13-23(32-15-33-24)18-7-9-19(10-8-18)26(28)34/h4-13,15-17H,14H2,1-3H3,(H2,28,34)(H,29,35)(H,31,32,33). The Morgan fingerprint density at radius 1 is 1.00 bits per heavy atom. The van der Waals surface area contributed by atoms with Crippen LogP contribution in [0.25, 0.3) is 22.2 Å². The van der Waals surface area contributed by atoms with Crippen LogP contribution in [0.5, 0.6) is 0 Å². The lowest BCUT2D eigenvalue weighted by Crippen LogP contribution is -2.19. The molecule has 0 bridgehead atoms. The van der Waals surface area contributed by atoms with Crippen molar-refractivity contribution >= 4 is 28.5 Å². The number of fused-ring (bicyclic) bond motifs is 1. The number of carbonyl (C=O) groups is 2. The highest BCUT2D eigenvalue weighted by atomic mass is 16.1. The number of hydrogen-bond acceptors (Lipinski definition) is 6. The molecule has 8 heteroatoms. The van der Waals surface area contributed by atoms with E-state index in [9.17, 15) is 9.59 Å². The van der Waals surface area contributed by atoms with E-state index in [1.54, 1.807) is 31.4 Å². The van der Waals surface area contributed by atoms with Gasteiger partial charge >= 0.3 is 0 Å². The Morgan fingerprint density at radius 2 is 1.77 bits per heavy atom. The van der Waals surface area contributed by atoms with Crippen LogP contribution in [-0.2, 0) is 0 Å². The van der Waals surface area contributed by atoms with Gasteiger partial charge in [0, 0.05) is 42.4 Å². The van der Waals surface area contributed by atoms with Crippen LogP contribution in [0.1, 0.15) is 46.0 Å². The largest absolute Gasteiger partial charge is 0.370 e. The fourth-order valence-corrected chi connectivity index (χ4v) is 4.06. The number of nitrogens with zero attached hydrogens (tertiary/aromatic N) is 3. The Balaban J connectivity index is 1.50. The van der Waals surface area contributed by atoms with Crippen molar-refractivity contribution in [2.45, 2.75) is 19.8 Å². The number of para-hydroxylation sites is 1. The van der Waals surface area contributed by atoms with Gasteiger partial charge in [0.25, 0.3) is 5.91 Å². The molecule has 2 unspecified atom stereocenters. The molecule has 2 aromatic carbocycles. The first-order chi connectivity index (χ1) is 16.9. The van der Waals surface area contributed by atoms with Gasteiger partial charge in [-0.05, 0) is 35.6 Å². The molecule has 0 aliphatic rings. The summed E-state index contributed by atoms with van der Waals surface area (Å²) in [6.45, 7) is 5.02. The van der Waals surface area contributed by atoms with Crippen LogP contribution >= 0.6 is 0 Å². The monoisotopic (exact) mass is 468 g/mol. The molecule has 0 aliphatic carbocycles. The smallest absolute Gasteiger partial charge is 0.251 e. The lowest BCUT2D eigenvalue weighted by Gasteiger charge is -2.22. The normalized spacial score (nSPS) is 12.7. The Labute approximate surface area is 204 Å². The second-order valence-corrected chi connectivity index (χ2v) is 8.56. The maximum Gasteiger partial charge on any atom is 0.251 e. The first kappa shape index (κ1) is 23.8. The number of anilines is 1. The molecule has 0 saturated heterocycles. The van der Waals surface area contributed by atoms with Crippen molar-refractivity contribution in [2.75, 3.05) is 18.9 Å². The lowest BCUT2D eigenvalue weighted by molar-refractivity contribution is 0.0963. The summed E-state index contributed by atoms with van der Waals surface area (Å²) in [5, 5.41) is 6.96. The summed E-state index contributed by atoms with van der Waals surface area (Å²) in [5.41, 5.74) is 9.96. The highest BCUT2D eigenvalue weighted by Gasteiger charge is 2.19. The predicted octanol–water partition coefficient (Wildman–Crippen LogP) is 4.00. The van der Waals surface area contributed by atoms with Crippen molar-refractivity contribution in [3.05, 3.63) is 83.8 Å². The number of benzene rings is 2. The summed E-state index contributed by atoms with van der Waals surface area (Å²) in [4.78, 5) is 36.9. The highest BCUT2D eigenvalue weighted by molar-refractivity contribution is 6.06. The number of nitrogens with one attached hydrogen (secondary N) is 2. The number of hydrogen-bond donors (Lipinski definition) is 3. The number of nitrogens with two attached hydrogens (primary N) is 1. The van der Waals surface area contributed by atoms with Gasteiger partial charge in [-0.1, -0.05) is 44.2 Å². The van der Waals surface area contributed by atoms with E-state index in [0.717, 1.165) is 27.7 Å². The minimum Gasteiger partial charge on any atom is -0.370 e. The molecule has 0 radical (unpaired) electrons. The number of carbonyl (C=O) groups excluding carboxylic acids is 2.